The number of rotatable bonds is 7. The van der Waals surface area contributed by atoms with Crippen molar-refractivity contribution >= 4 is 22.0 Å². The predicted octanol–water partition coefficient (Wildman–Crippen LogP) is 1.68. The highest BCUT2D eigenvalue weighted by atomic mass is 32.2. The number of carbonyl (C=O) groups excluding carboxylic acids is 1. The van der Waals surface area contributed by atoms with Gasteiger partial charge < -0.3 is 10.0 Å². The summed E-state index contributed by atoms with van der Waals surface area (Å²) in [4.78, 5) is 14.0. The summed E-state index contributed by atoms with van der Waals surface area (Å²) in [7, 11) is -1.83. The second-order valence-electron chi connectivity index (χ2n) is 6.71. The van der Waals surface area contributed by atoms with E-state index in [4.69, 9.17) is 0 Å². The minimum Gasteiger partial charge on any atom is -0.394 e. The zero-order valence-electron chi connectivity index (χ0n) is 15.8. The van der Waals surface area contributed by atoms with Crippen LogP contribution in [0, 0.1) is 0 Å². The Kier molecular flexibility index (Phi) is 6.60. The van der Waals surface area contributed by atoms with Crippen molar-refractivity contribution in [3.05, 3.63) is 41.5 Å². The van der Waals surface area contributed by atoms with Gasteiger partial charge in [-0.15, -0.1) is 0 Å². The molecule has 1 aromatic rings. The highest BCUT2D eigenvalue weighted by Crippen LogP contribution is 2.41. The molecule has 0 radical (unpaired) electrons. The maximum atomic E-state index is 12.4. The van der Waals surface area contributed by atoms with E-state index < -0.39 is 10.0 Å². The van der Waals surface area contributed by atoms with E-state index in [-0.39, 0.29) is 37.1 Å². The molecule has 1 aliphatic heterocycles. The van der Waals surface area contributed by atoms with Crippen LogP contribution in [0.5, 0.6) is 0 Å². The lowest BCUT2D eigenvalue weighted by molar-refractivity contribution is -0.150. The van der Waals surface area contributed by atoms with Crippen LogP contribution >= 0.6 is 0 Å². The highest BCUT2D eigenvalue weighted by molar-refractivity contribution is 7.88. The second kappa shape index (κ2) is 8.33. The number of sulfonamides is 1. The quantitative estimate of drug-likeness (QED) is 0.781. The molecule has 1 heterocycles. The van der Waals surface area contributed by atoms with E-state index in [0.29, 0.717) is 6.42 Å². The number of likely N-dealkylation sites (N-methyl/N-ethyl adjacent to an activating group) is 1. The molecule has 6 nitrogen and oxygen atoms in total. The van der Waals surface area contributed by atoms with Gasteiger partial charge in [0.15, 0.2) is 0 Å². The first-order chi connectivity index (χ1) is 12.2. The molecule has 0 spiro atoms. The van der Waals surface area contributed by atoms with Crippen LogP contribution < -0.4 is 0 Å². The summed E-state index contributed by atoms with van der Waals surface area (Å²) >= 11 is 0. The van der Waals surface area contributed by atoms with E-state index in [1.165, 1.54) is 11.4 Å². The summed E-state index contributed by atoms with van der Waals surface area (Å²) in [6.45, 7) is 3.79. The molecule has 0 aromatic heterocycles. The predicted molar refractivity (Wildman–Crippen MR) is 103 cm³/mol. The topological polar surface area (TPSA) is 77.9 Å². The minimum atomic E-state index is -3.35. The van der Waals surface area contributed by atoms with Gasteiger partial charge in [-0.05, 0) is 18.1 Å². The molecule has 26 heavy (non-hydrogen) atoms. The fourth-order valence-electron chi connectivity index (χ4n) is 3.57. The molecular formula is C19H28N2O4S. The first-order valence-electron chi connectivity index (χ1n) is 8.80. The maximum Gasteiger partial charge on any atom is 0.222 e. The van der Waals surface area contributed by atoms with Gasteiger partial charge in [0.1, 0.15) is 0 Å². The third kappa shape index (κ3) is 4.16. The van der Waals surface area contributed by atoms with Gasteiger partial charge in [0.05, 0.1) is 24.9 Å². The largest absolute Gasteiger partial charge is 0.394 e. The highest BCUT2D eigenvalue weighted by Gasteiger charge is 2.51. The van der Waals surface area contributed by atoms with E-state index in [0.717, 1.165) is 17.4 Å². The van der Waals surface area contributed by atoms with Crippen LogP contribution in [-0.4, -0.2) is 67.2 Å². The first-order valence-corrected chi connectivity index (χ1v) is 10.6. The Hall–Kier alpha value is -1.70. The summed E-state index contributed by atoms with van der Waals surface area (Å²) in [6, 6.07) is 7.35. The molecule has 144 valence electrons. The third-order valence-electron chi connectivity index (χ3n) is 5.01. The number of benzene rings is 1. The standard InChI is InChI=1S/C19H28N2O4S/c1-5-7-14-8-10-15(11-9-14)19-16(12-20(3)26(4,24)25)21(17(19)13-22)18(23)6-2/h5,7-11,16-17,19,22H,6,12-13H2,1-4H3/b7-5+/t16-,17-,19+/m0/s1. The van der Waals surface area contributed by atoms with Crippen LogP contribution in [0.25, 0.3) is 6.08 Å². The van der Waals surface area contributed by atoms with Gasteiger partial charge in [0, 0.05) is 25.9 Å². The zero-order valence-corrected chi connectivity index (χ0v) is 16.6. The third-order valence-corrected chi connectivity index (χ3v) is 6.29. The van der Waals surface area contributed by atoms with Crippen molar-refractivity contribution in [2.24, 2.45) is 0 Å². The van der Waals surface area contributed by atoms with Crippen LogP contribution in [0.15, 0.2) is 30.3 Å². The number of likely N-dealkylation sites (tertiary alicyclic amines) is 1. The zero-order chi connectivity index (χ0) is 19.5. The Morgan fingerprint density at radius 3 is 2.35 bits per heavy atom. The average Bonchev–Trinajstić information content (AvgIpc) is 2.58. The van der Waals surface area contributed by atoms with Gasteiger partial charge in [-0.2, -0.15) is 0 Å². The lowest BCUT2D eigenvalue weighted by Gasteiger charge is -2.55. The number of aliphatic hydroxyl groups is 1. The molecule has 3 atom stereocenters. The normalized spacial score (nSPS) is 23.5. The Morgan fingerprint density at radius 1 is 1.27 bits per heavy atom. The van der Waals surface area contributed by atoms with E-state index in [1.54, 1.807) is 11.8 Å². The van der Waals surface area contributed by atoms with Crippen LogP contribution in [0.1, 0.15) is 37.3 Å². The van der Waals surface area contributed by atoms with E-state index in [9.17, 15) is 18.3 Å². The fraction of sp³-hybridized carbons (Fsp3) is 0.526. The molecule has 0 unspecified atom stereocenters. The van der Waals surface area contributed by atoms with Crippen LogP contribution in [-0.2, 0) is 14.8 Å². The van der Waals surface area contributed by atoms with Gasteiger partial charge in [0.2, 0.25) is 15.9 Å². The number of nitrogens with zero attached hydrogens (tertiary/aromatic N) is 2. The van der Waals surface area contributed by atoms with Crippen molar-refractivity contribution in [3.8, 4) is 0 Å². The molecule has 0 aliphatic carbocycles. The van der Waals surface area contributed by atoms with E-state index in [2.05, 4.69) is 0 Å². The molecule has 0 bridgehead atoms. The van der Waals surface area contributed by atoms with Crippen LogP contribution in [0.3, 0.4) is 0 Å². The summed E-state index contributed by atoms with van der Waals surface area (Å²) in [5.41, 5.74) is 2.08. The summed E-state index contributed by atoms with van der Waals surface area (Å²) in [5, 5.41) is 9.85. The number of carbonyl (C=O) groups is 1. The SMILES string of the molecule is C/C=C/c1ccc([C@H]2[C@H](CO)N(C(=O)CC)[C@H]2CN(C)S(C)(=O)=O)cc1. The van der Waals surface area contributed by atoms with Gasteiger partial charge in [-0.25, -0.2) is 12.7 Å². The van der Waals surface area contributed by atoms with Crippen LogP contribution in [0.2, 0.25) is 0 Å². The molecule has 1 amide bonds. The Morgan fingerprint density at radius 2 is 1.88 bits per heavy atom. The van der Waals surface area contributed by atoms with Crippen molar-refractivity contribution in [1.82, 2.24) is 9.21 Å². The number of hydrogen-bond donors (Lipinski definition) is 1. The molecule has 0 saturated carbocycles. The smallest absolute Gasteiger partial charge is 0.222 e. The van der Waals surface area contributed by atoms with Gasteiger partial charge in [0.25, 0.3) is 0 Å². The lowest BCUT2D eigenvalue weighted by Crippen LogP contribution is -2.68. The molecule has 1 fully saturated rings. The van der Waals surface area contributed by atoms with E-state index >= 15 is 0 Å². The van der Waals surface area contributed by atoms with Crippen molar-refractivity contribution in [1.29, 1.82) is 0 Å². The number of aliphatic hydroxyl groups excluding tert-OH is 1. The summed E-state index contributed by atoms with van der Waals surface area (Å²) in [6.07, 6.45) is 5.43. The van der Waals surface area contributed by atoms with E-state index in [1.807, 2.05) is 43.3 Å². The summed E-state index contributed by atoms with van der Waals surface area (Å²) < 4.78 is 24.9. The van der Waals surface area contributed by atoms with Crippen molar-refractivity contribution < 1.29 is 18.3 Å². The molecule has 1 aromatic carbocycles. The van der Waals surface area contributed by atoms with Gasteiger partial charge in [-0.1, -0.05) is 43.3 Å². The molecule has 7 heteroatoms. The number of amides is 1. The Bertz CT molecular complexity index is 758. The van der Waals surface area contributed by atoms with Gasteiger partial charge >= 0.3 is 0 Å². The van der Waals surface area contributed by atoms with Crippen molar-refractivity contribution in [2.75, 3.05) is 26.5 Å². The average molecular weight is 381 g/mol. The maximum absolute atomic E-state index is 12.4. The van der Waals surface area contributed by atoms with Gasteiger partial charge in [-0.3, -0.25) is 4.79 Å². The monoisotopic (exact) mass is 380 g/mol. The van der Waals surface area contributed by atoms with Crippen LogP contribution in [0.4, 0.5) is 0 Å². The number of hydrogen-bond acceptors (Lipinski definition) is 4. The Labute approximate surface area is 156 Å². The first kappa shape index (κ1) is 20.6. The lowest BCUT2D eigenvalue weighted by atomic mass is 9.74. The van der Waals surface area contributed by atoms with Crippen molar-refractivity contribution in [3.63, 3.8) is 0 Å². The fourth-order valence-corrected chi connectivity index (χ4v) is 3.99. The minimum absolute atomic E-state index is 0.0715. The molecule has 2 rings (SSSR count). The second-order valence-corrected chi connectivity index (χ2v) is 8.80. The molecule has 1 saturated heterocycles. The molecule has 1 aliphatic rings. The molecular weight excluding hydrogens is 352 g/mol. The Balaban J connectivity index is 2.34. The summed E-state index contributed by atoms with van der Waals surface area (Å²) in [5.74, 6) is -0.169. The molecule has 1 N–H and O–H groups in total. The number of allylic oxidation sites excluding steroid dienone is 1. The van der Waals surface area contributed by atoms with Crippen molar-refractivity contribution in [2.45, 2.75) is 38.3 Å².